The van der Waals surface area contributed by atoms with Gasteiger partial charge in [-0.15, -0.1) is 0 Å². The number of likely N-dealkylation sites (tertiary alicyclic amines) is 1. The number of primary amides is 1. The molecule has 1 heterocycles. The molecule has 0 saturated carbocycles. The number of ether oxygens (including phenoxy) is 1. The first-order valence-corrected chi connectivity index (χ1v) is 13.3. The number of carbonyl (C=O) groups is 2. The molecule has 3 aromatic rings. The number of benzene rings is 3. The Labute approximate surface area is 233 Å². The van der Waals surface area contributed by atoms with Crippen LogP contribution in [0.1, 0.15) is 52.7 Å². The lowest BCUT2D eigenvalue weighted by molar-refractivity contribution is -0.0593. The van der Waals surface area contributed by atoms with E-state index in [1.54, 1.807) is 47.4 Å². The molecule has 9 heteroatoms. The van der Waals surface area contributed by atoms with Gasteiger partial charge in [-0.1, -0.05) is 48.5 Å². The standard InChI is InChI=1S/C31H35FN4O4/c1-20-10-15-25(32)26(21-7-3-2-4-8-21)27(20)31(39,16-6-18-40-30(35)38)24-9-5-17-36(19-24)29(37)23-13-11-22(12-14-23)28(33)34/h2-4,7-8,10-15,24,39H,5-6,9,16-19H2,1H3,(H3,33,34)(H2,35,38). The molecule has 3 aromatic carbocycles. The molecule has 2 amide bonds. The summed E-state index contributed by atoms with van der Waals surface area (Å²) in [5.74, 6) is -1.15. The second kappa shape index (κ2) is 12.3. The molecule has 4 rings (SSSR count). The molecule has 2 unspecified atom stereocenters. The fourth-order valence-electron chi connectivity index (χ4n) is 5.70. The fourth-order valence-corrected chi connectivity index (χ4v) is 5.70. The topological polar surface area (TPSA) is 143 Å². The average molecular weight is 547 g/mol. The van der Waals surface area contributed by atoms with E-state index >= 15 is 4.39 Å². The highest BCUT2D eigenvalue weighted by Gasteiger charge is 2.44. The van der Waals surface area contributed by atoms with Crippen LogP contribution in [0.5, 0.6) is 0 Å². The molecule has 210 valence electrons. The third-order valence-electron chi connectivity index (χ3n) is 7.63. The number of halogens is 1. The van der Waals surface area contributed by atoms with E-state index in [2.05, 4.69) is 0 Å². The molecule has 8 nitrogen and oxygen atoms in total. The van der Waals surface area contributed by atoms with Crippen molar-refractivity contribution in [2.75, 3.05) is 19.7 Å². The van der Waals surface area contributed by atoms with Gasteiger partial charge in [-0.2, -0.15) is 0 Å². The van der Waals surface area contributed by atoms with Crippen LogP contribution in [0, 0.1) is 24.1 Å². The van der Waals surface area contributed by atoms with Crippen molar-refractivity contribution in [3.8, 4) is 11.1 Å². The van der Waals surface area contributed by atoms with Gasteiger partial charge in [-0.25, -0.2) is 9.18 Å². The van der Waals surface area contributed by atoms with Crippen molar-refractivity contribution in [1.82, 2.24) is 4.90 Å². The highest BCUT2D eigenvalue weighted by molar-refractivity contribution is 5.98. The first-order chi connectivity index (χ1) is 19.1. The second-order valence-electron chi connectivity index (χ2n) is 10.3. The van der Waals surface area contributed by atoms with E-state index in [0.29, 0.717) is 53.6 Å². The molecular formula is C31H35FN4O4. The highest BCUT2D eigenvalue weighted by Crippen LogP contribution is 2.46. The van der Waals surface area contributed by atoms with Gasteiger partial charge in [0.05, 0.1) is 12.2 Å². The number of nitrogen functional groups attached to an aromatic ring is 1. The number of carbonyl (C=O) groups excluding carboxylic acids is 2. The van der Waals surface area contributed by atoms with E-state index in [-0.39, 0.29) is 31.3 Å². The number of amidine groups is 1. The summed E-state index contributed by atoms with van der Waals surface area (Å²) in [6, 6.07) is 18.7. The first-order valence-electron chi connectivity index (χ1n) is 13.3. The minimum absolute atomic E-state index is 0.00450. The number of rotatable bonds is 9. The molecule has 0 radical (unpaired) electrons. The van der Waals surface area contributed by atoms with Gasteiger partial charge in [-0.05, 0) is 67.5 Å². The number of nitrogens with one attached hydrogen (secondary N) is 1. The summed E-state index contributed by atoms with van der Waals surface area (Å²) >= 11 is 0. The van der Waals surface area contributed by atoms with Crippen molar-refractivity contribution < 1.29 is 23.8 Å². The predicted octanol–water partition coefficient (Wildman–Crippen LogP) is 4.70. The van der Waals surface area contributed by atoms with Gasteiger partial charge in [0.15, 0.2) is 0 Å². The zero-order valence-corrected chi connectivity index (χ0v) is 22.5. The maximum atomic E-state index is 15.5. The molecular weight excluding hydrogens is 511 g/mol. The quantitative estimate of drug-likeness (QED) is 0.175. The van der Waals surface area contributed by atoms with Crippen molar-refractivity contribution in [3.05, 3.63) is 94.8 Å². The molecule has 0 bridgehead atoms. The van der Waals surface area contributed by atoms with Crippen molar-refractivity contribution in [1.29, 1.82) is 5.41 Å². The Balaban J connectivity index is 1.72. The van der Waals surface area contributed by atoms with Gasteiger partial charge in [0.25, 0.3) is 5.91 Å². The lowest BCUT2D eigenvalue weighted by atomic mass is 9.70. The zero-order valence-electron chi connectivity index (χ0n) is 22.5. The number of nitrogens with two attached hydrogens (primary N) is 2. The van der Waals surface area contributed by atoms with Crippen LogP contribution in [-0.4, -0.2) is 47.5 Å². The Hall–Kier alpha value is -4.24. The van der Waals surface area contributed by atoms with Gasteiger partial charge in [0.1, 0.15) is 11.7 Å². The summed E-state index contributed by atoms with van der Waals surface area (Å²) < 4.78 is 20.5. The summed E-state index contributed by atoms with van der Waals surface area (Å²) in [6.45, 7) is 2.61. The summed E-state index contributed by atoms with van der Waals surface area (Å²) in [6.07, 6.45) is 0.826. The van der Waals surface area contributed by atoms with Gasteiger partial charge >= 0.3 is 6.09 Å². The van der Waals surface area contributed by atoms with E-state index in [9.17, 15) is 14.7 Å². The van der Waals surface area contributed by atoms with Crippen LogP contribution in [0.4, 0.5) is 9.18 Å². The number of hydrogen-bond donors (Lipinski definition) is 4. The van der Waals surface area contributed by atoms with Crippen LogP contribution in [0.25, 0.3) is 11.1 Å². The lowest BCUT2D eigenvalue weighted by Gasteiger charge is -2.44. The SMILES string of the molecule is Cc1ccc(F)c(-c2ccccc2)c1C(O)(CCCOC(N)=O)C1CCCN(C(=O)c2ccc(C(=N)N)cc2)C1. The smallest absolute Gasteiger partial charge is 0.404 e. The second-order valence-corrected chi connectivity index (χ2v) is 10.3. The summed E-state index contributed by atoms with van der Waals surface area (Å²) in [4.78, 5) is 26.3. The number of nitrogens with zero attached hydrogens (tertiary/aromatic N) is 1. The molecule has 40 heavy (non-hydrogen) atoms. The van der Waals surface area contributed by atoms with Crippen molar-refractivity contribution in [2.24, 2.45) is 17.4 Å². The fraction of sp³-hybridized carbons (Fsp3) is 0.323. The highest BCUT2D eigenvalue weighted by atomic mass is 19.1. The van der Waals surface area contributed by atoms with E-state index in [1.165, 1.54) is 6.07 Å². The van der Waals surface area contributed by atoms with E-state index < -0.39 is 23.4 Å². The molecule has 6 N–H and O–H groups in total. The van der Waals surface area contributed by atoms with Gasteiger partial charge < -0.3 is 26.2 Å². The largest absolute Gasteiger partial charge is 0.450 e. The Morgan fingerprint density at radius 3 is 2.40 bits per heavy atom. The van der Waals surface area contributed by atoms with E-state index in [4.69, 9.17) is 21.6 Å². The molecule has 1 saturated heterocycles. The first kappa shape index (κ1) is 28.8. The third-order valence-corrected chi connectivity index (χ3v) is 7.63. The number of aliphatic hydroxyl groups is 1. The minimum Gasteiger partial charge on any atom is -0.450 e. The minimum atomic E-state index is -1.53. The van der Waals surface area contributed by atoms with Crippen molar-refractivity contribution >= 4 is 17.8 Å². The third kappa shape index (κ3) is 6.15. The zero-order chi connectivity index (χ0) is 28.9. The van der Waals surface area contributed by atoms with Crippen LogP contribution >= 0.6 is 0 Å². The van der Waals surface area contributed by atoms with E-state index in [0.717, 1.165) is 5.56 Å². The van der Waals surface area contributed by atoms with Crippen LogP contribution in [0.15, 0.2) is 66.7 Å². The summed E-state index contributed by atoms with van der Waals surface area (Å²) in [5, 5.41) is 20.2. The molecule has 2 atom stereocenters. The van der Waals surface area contributed by atoms with Crippen LogP contribution in [0.3, 0.4) is 0 Å². The summed E-state index contributed by atoms with van der Waals surface area (Å²) in [7, 11) is 0. The lowest BCUT2D eigenvalue weighted by Crippen LogP contribution is -2.48. The molecule has 0 spiro atoms. The van der Waals surface area contributed by atoms with Crippen molar-refractivity contribution in [3.63, 3.8) is 0 Å². The number of aryl methyl sites for hydroxylation is 1. The van der Waals surface area contributed by atoms with Gasteiger partial charge in [0.2, 0.25) is 0 Å². The molecule has 0 aromatic heterocycles. The Morgan fingerprint density at radius 1 is 1.07 bits per heavy atom. The van der Waals surface area contributed by atoms with E-state index in [1.807, 2.05) is 25.1 Å². The van der Waals surface area contributed by atoms with Gasteiger partial charge in [0, 0.05) is 35.7 Å². The van der Waals surface area contributed by atoms with Crippen LogP contribution < -0.4 is 11.5 Å². The molecule has 0 aliphatic carbocycles. The maximum Gasteiger partial charge on any atom is 0.404 e. The number of hydrogen-bond acceptors (Lipinski definition) is 5. The Bertz CT molecular complexity index is 1380. The molecule has 1 fully saturated rings. The number of amides is 2. The van der Waals surface area contributed by atoms with Crippen LogP contribution in [0.2, 0.25) is 0 Å². The maximum absolute atomic E-state index is 15.5. The van der Waals surface area contributed by atoms with Gasteiger partial charge in [-0.3, -0.25) is 10.2 Å². The molecule has 1 aliphatic heterocycles. The molecule has 1 aliphatic rings. The van der Waals surface area contributed by atoms with Crippen LogP contribution in [-0.2, 0) is 10.3 Å². The Kier molecular flexibility index (Phi) is 8.84. The normalized spacial score (nSPS) is 16.7. The van der Waals surface area contributed by atoms with Crippen molar-refractivity contribution in [2.45, 2.75) is 38.2 Å². The monoisotopic (exact) mass is 546 g/mol. The number of piperidine rings is 1. The predicted molar refractivity (Wildman–Crippen MR) is 151 cm³/mol. The summed E-state index contributed by atoms with van der Waals surface area (Å²) in [5.41, 5.74) is 12.3. The Morgan fingerprint density at radius 2 is 1.75 bits per heavy atom. The average Bonchev–Trinajstić information content (AvgIpc) is 2.96.